The summed E-state index contributed by atoms with van der Waals surface area (Å²) in [6.07, 6.45) is 0. The van der Waals surface area contributed by atoms with Gasteiger partial charge in [-0.2, -0.15) is 0 Å². The predicted octanol–water partition coefficient (Wildman–Crippen LogP) is 1.84. The van der Waals surface area contributed by atoms with E-state index < -0.39 is 5.20 Å². The Morgan fingerprint density at radius 3 is 2.91 bits per heavy atom. The van der Waals surface area contributed by atoms with Crippen LogP contribution in [-0.2, 0) is 0 Å². The van der Waals surface area contributed by atoms with Gasteiger partial charge in [0.15, 0.2) is 11.5 Å². The lowest BCUT2D eigenvalue weighted by Crippen LogP contribution is -2.06. The Kier molecular flexibility index (Phi) is 1.42. The molecule has 0 spiro atoms. The number of aromatic hydroxyl groups is 1. The van der Waals surface area contributed by atoms with Crippen molar-refractivity contribution in [1.82, 2.24) is 0 Å². The number of phenols is 1. The molecular weight excluding hydrogens is 212 g/mol. The topological polar surface area (TPSA) is 38.7 Å². The molecule has 0 bridgehead atoms. The maximum absolute atomic E-state index is 9.22. The van der Waals surface area contributed by atoms with Crippen LogP contribution in [0.2, 0.25) is 0 Å². The van der Waals surface area contributed by atoms with Crippen molar-refractivity contribution in [1.29, 1.82) is 0 Å². The molecule has 0 saturated heterocycles. The van der Waals surface area contributed by atoms with Crippen LogP contribution in [0.1, 0.15) is 0 Å². The Hall–Kier alpha value is -0.900. The van der Waals surface area contributed by atoms with E-state index in [0.29, 0.717) is 11.5 Å². The number of halogens is 1. The number of hydrogen-bond acceptors (Lipinski definition) is 3. The van der Waals surface area contributed by atoms with Gasteiger partial charge >= 0.3 is 0 Å². The minimum absolute atomic E-state index is 0.101. The van der Waals surface area contributed by atoms with Crippen molar-refractivity contribution >= 4 is 15.9 Å². The first-order valence-corrected chi connectivity index (χ1v) is 3.98. The molecule has 0 fully saturated rings. The molecule has 1 N–H and O–H groups in total. The summed E-state index contributed by atoms with van der Waals surface area (Å²) in [5.41, 5.74) is 0. The van der Waals surface area contributed by atoms with Gasteiger partial charge in [0.2, 0.25) is 5.75 Å². The van der Waals surface area contributed by atoms with Crippen molar-refractivity contribution < 1.29 is 14.6 Å². The lowest BCUT2D eigenvalue weighted by Gasteiger charge is -1.98. The highest BCUT2D eigenvalue weighted by atomic mass is 79.9. The highest BCUT2D eigenvalue weighted by molar-refractivity contribution is 9.09. The smallest absolute Gasteiger partial charge is 0.298 e. The molecule has 1 aliphatic heterocycles. The van der Waals surface area contributed by atoms with Crippen LogP contribution < -0.4 is 9.47 Å². The number of benzene rings is 1. The summed E-state index contributed by atoms with van der Waals surface area (Å²) in [4.78, 5) is 0. The second kappa shape index (κ2) is 2.30. The number of phenolic OH excluding ortho intramolecular Hbond substituents is 1. The monoisotopic (exact) mass is 216 g/mol. The molecule has 0 saturated carbocycles. The first-order chi connectivity index (χ1) is 5.27. The van der Waals surface area contributed by atoms with E-state index in [0.717, 1.165) is 0 Å². The lowest BCUT2D eigenvalue weighted by atomic mass is 10.3. The van der Waals surface area contributed by atoms with Gasteiger partial charge in [-0.25, -0.2) is 0 Å². The third kappa shape index (κ3) is 1.03. The minimum Gasteiger partial charge on any atom is -0.504 e. The Balaban J connectivity index is 2.49. The molecule has 1 heterocycles. The third-order valence-electron chi connectivity index (χ3n) is 1.39. The Morgan fingerprint density at radius 2 is 2.18 bits per heavy atom. The molecule has 4 heteroatoms. The summed E-state index contributed by atoms with van der Waals surface area (Å²) in [5.74, 6) is 1.06. The van der Waals surface area contributed by atoms with E-state index in [1.165, 1.54) is 0 Å². The average molecular weight is 217 g/mol. The van der Waals surface area contributed by atoms with Gasteiger partial charge in [0, 0.05) is 15.9 Å². The zero-order chi connectivity index (χ0) is 7.84. The largest absolute Gasteiger partial charge is 0.504 e. The van der Waals surface area contributed by atoms with E-state index >= 15 is 0 Å². The number of rotatable bonds is 0. The molecule has 1 aliphatic rings. The van der Waals surface area contributed by atoms with E-state index in [-0.39, 0.29) is 5.75 Å². The van der Waals surface area contributed by atoms with E-state index in [4.69, 9.17) is 9.47 Å². The van der Waals surface area contributed by atoms with Gasteiger partial charge in [-0.05, 0) is 12.1 Å². The minimum atomic E-state index is -0.481. The van der Waals surface area contributed by atoms with Gasteiger partial charge in [-0.1, -0.05) is 6.07 Å². The molecular formula is C7H5BrO3. The number of fused-ring (bicyclic) bond motifs is 1. The molecule has 3 nitrogen and oxygen atoms in total. The molecule has 1 atom stereocenters. The fraction of sp³-hybridized carbons (Fsp3) is 0.143. The van der Waals surface area contributed by atoms with Crippen LogP contribution in [0.25, 0.3) is 0 Å². The molecule has 0 aliphatic carbocycles. The number of para-hydroxylation sites is 1. The Labute approximate surface area is 71.7 Å². The zero-order valence-corrected chi connectivity index (χ0v) is 7.04. The van der Waals surface area contributed by atoms with Gasteiger partial charge in [0.05, 0.1) is 0 Å². The van der Waals surface area contributed by atoms with E-state index in [1.54, 1.807) is 18.2 Å². The van der Waals surface area contributed by atoms with Crippen LogP contribution in [0.4, 0.5) is 0 Å². The number of hydrogen-bond donors (Lipinski definition) is 1. The molecule has 1 aromatic rings. The van der Waals surface area contributed by atoms with Crippen LogP contribution in [0.15, 0.2) is 18.2 Å². The fourth-order valence-corrected chi connectivity index (χ4v) is 1.32. The second-order valence-electron chi connectivity index (χ2n) is 2.11. The van der Waals surface area contributed by atoms with Crippen molar-refractivity contribution in [3.8, 4) is 17.2 Å². The molecule has 0 radical (unpaired) electrons. The number of ether oxygens (including phenoxy) is 2. The highest BCUT2D eigenvalue weighted by Gasteiger charge is 2.23. The van der Waals surface area contributed by atoms with Crippen molar-refractivity contribution in [2.24, 2.45) is 0 Å². The van der Waals surface area contributed by atoms with E-state index in [9.17, 15) is 5.11 Å². The summed E-state index contributed by atoms with van der Waals surface area (Å²) in [6, 6.07) is 4.98. The maximum atomic E-state index is 9.22. The van der Waals surface area contributed by atoms with Gasteiger partial charge in [-0.3, -0.25) is 0 Å². The van der Waals surface area contributed by atoms with Crippen LogP contribution in [-0.4, -0.2) is 10.3 Å². The van der Waals surface area contributed by atoms with Gasteiger partial charge in [0.25, 0.3) is 5.20 Å². The third-order valence-corrected chi connectivity index (χ3v) is 1.76. The molecule has 0 aromatic heterocycles. The zero-order valence-electron chi connectivity index (χ0n) is 5.45. The molecule has 11 heavy (non-hydrogen) atoms. The van der Waals surface area contributed by atoms with E-state index in [2.05, 4.69) is 15.9 Å². The van der Waals surface area contributed by atoms with Gasteiger partial charge in [-0.15, -0.1) is 0 Å². The summed E-state index contributed by atoms with van der Waals surface area (Å²) in [6.45, 7) is 0. The summed E-state index contributed by atoms with van der Waals surface area (Å²) < 4.78 is 10.2. The maximum Gasteiger partial charge on any atom is 0.298 e. The lowest BCUT2D eigenvalue weighted by molar-refractivity contribution is 0.141. The van der Waals surface area contributed by atoms with Crippen LogP contribution in [0.3, 0.4) is 0 Å². The Bertz CT molecular complexity index is 287. The van der Waals surface area contributed by atoms with Crippen LogP contribution in [0, 0.1) is 0 Å². The fourth-order valence-electron chi connectivity index (χ4n) is 0.932. The summed E-state index contributed by atoms with van der Waals surface area (Å²) >= 11 is 3.10. The molecule has 1 unspecified atom stereocenters. The van der Waals surface area contributed by atoms with Crippen LogP contribution in [0.5, 0.6) is 17.2 Å². The van der Waals surface area contributed by atoms with Crippen molar-refractivity contribution in [3.05, 3.63) is 18.2 Å². The first-order valence-electron chi connectivity index (χ1n) is 3.07. The van der Waals surface area contributed by atoms with E-state index in [1.807, 2.05) is 0 Å². The second-order valence-corrected chi connectivity index (χ2v) is 2.86. The molecule has 0 amide bonds. The normalized spacial score (nSPS) is 20.3. The SMILES string of the molecule is Oc1cccc2c1OC(Br)O2. The standard InChI is InChI=1S/C7H5BrO3/c8-7-10-5-3-1-2-4(9)6(5)11-7/h1-3,7,9H. The summed E-state index contributed by atoms with van der Waals surface area (Å²) in [7, 11) is 0. The van der Waals surface area contributed by atoms with Gasteiger partial charge in [0.1, 0.15) is 0 Å². The van der Waals surface area contributed by atoms with Crippen LogP contribution >= 0.6 is 15.9 Å². The molecule has 1 aromatic carbocycles. The van der Waals surface area contributed by atoms with Gasteiger partial charge < -0.3 is 14.6 Å². The highest BCUT2D eigenvalue weighted by Crippen LogP contribution is 2.42. The van der Waals surface area contributed by atoms with Crippen molar-refractivity contribution in [3.63, 3.8) is 0 Å². The predicted molar refractivity (Wildman–Crippen MR) is 42.1 cm³/mol. The average Bonchev–Trinajstić information content (AvgIpc) is 2.31. The number of alkyl halides is 1. The molecule has 58 valence electrons. The van der Waals surface area contributed by atoms with Crippen molar-refractivity contribution in [2.45, 2.75) is 5.20 Å². The molecule has 2 rings (SSSR count). The quantitative estimate of drug-likeness (QED) is 0.674. The van der Waals surface area contributed by atoms with Crippen molar-refractivity contribution in [2.75, 3.05) is 0 Å². The Morgan fingerprint density at radius 1 is 1.36 bits per heavy atom. The summed E-state index contributed by atoms with van der Waals surface area (Å²) in [5, 5.41) is 8.74. The first kappa shape index (κ1) is 6.79.